The van der Waals surface area contributed by atoms with E-state index in [0.29, 0.717) is 23.5 Å². The van der Waals surface area contributed by atoms with Crippen LogP contribution in [0.25, 0.3) is 5.76 Å². The molecule has 1 atom stereocenters. The molecule has 1 unspecified atom stereocenters. The topological polar surface area (TPSA) is 106 Å². The summed E-state index contributed by atoms with van der Waals surface area (Å²) in [5.74, 6) is -1.02. The first-order valence-corrected chi connectivity index (χ1v) is 10.8. The number of carbonyl (C=O) groups is 2. The molecule has 1 aliphatic heterocycles. The normalized spacial score (nSPS) is 17.6. The summed E-state index contributed by atoms with van der Waals surface area (Å²) in [6.45, 7) is 6.28. The number of hydrogen-bond acceptors (Lipinski definition) is 7. The fraction of sp³-hybridized carbons (Fsp3) is 0.360. The highest BCUT2D eigenvalue weighted by molar-refractivity contribution is 6.46. The van der Waals surface area contributed by atoms with E-state index < -0.39 is 17.7 Å². The lowest BCUT2D eigenvalue weighted by Gasteiger charge is -2.25. The lowest BCUT2D eigenvalue weighted by Crippen LogP contribution is -2.32. The summed E-state index contributed by atoms with van der Waals surface area (Å²) in [4.78, 5) is 27.2. The quantitative estimate of drug-likeness (QED) is 0.338. The summed E-state index contributed by atoms with van der Waals surface area (Å²) in [6, 6.07) is 10.4. The molecular weight excluding hydrogens is 426 g/mol. The Bertz CT molecular complexity index is 1040. The van der Waals surface area contributed by atoms with Crippen LogP contribution < -0.4 is 9.47 Å². The minimum atomic E-state index is -0.869. The second-order valence-corrected chi connectivity index (χ2v) is 7.84. The number of nitrogens with zero attached hydrogens (tertiary/aromatic N) is 1. The van der Waals surface area contributed by atoms with E-state index in [9.17, 15) is 19.8 Å². The van der Waals surface area contributed by atoms with Gasteiger partial charge in [-0.05, 0) is 62.7 Å². The van der Waals surface area contributed by atoms with Crippen LogP contribution in [0.15, 0.2) is 48.0 Å². The van der Waals surface area contributed by atoms with Crippen LogP contribution in [-0.4, -0.2) is 59.8 Å². The molecule has 1 fully saturated rings. The first-order valence-electron chi connectivity index (χ1n) is 10.8. The highest BCUT2D eigenvalue weighted by Crippen LogP contribution is 2.41. The number of Topliss-reactive ketones (excluding diaryl/α,β-unsaturated/α-hetero) is 1. The largest absolute Gasteiger partial charge is 0.507 e. The summed E-state index contributed by atoms with van der Waals surface area (Å²) >= 11 is 0. The van der Waals surface area contributed by atoms with E-state index in [4.69, 9.17) is 14.2 Å². The number of ether oxygens (including phenoxy) is 3. The third-order valence-corrected chi connectivity index (χ3v) is 5.18. The van der Waals surface area contributed by atoms with Gasteiger partial charge < -0.3 is 29.3 Å². The second-order valence-electron chi connectivity index (χ2n) is 7.84. The molecule has 2 aromatic carbocycles. The Balaban J connectivity index is 2.11. The molecule has 0 bridgehead atoms. The molecule has 8 heteroatoms. The number of amides is 1. The van der Waals surface area contributed by atoms with Crippen molar-refractivity contribution in [1.82, 2.24) is 4.90 Å². The minimum absolute atomic E-state index is 0.00964. The van der Waals surface area contributed by atoms with Crippen molar-refractivity contribution in [2.75, 3.05) is 26.9 Å². The molecule has 1 saturated heterocycles. The van der Waals surface area contributed by atoms with Gasteiger partial charge in [-0.15, -0.1) is 0 Å². The Hall–Kier alpha value is -3.52. The Labute approximate surface area is 193 Å². The molecule has 0 spiro atoms. The molecule has 0 aromatic heterocycles. The number of aliphatic hydroxyl groups excluding tert-OH is 1. The van der Waals surface area contributed by atoms with Gasteiger partial charge in [0.05, 0.1) is 30.9 Å². The smallest absolute Gasteiger partial charge is 0.295 e. The third kappa shape index (κ3) is 5.12. The molecule has 0 radical (unpaired) electrons. The maximum Gasteiger partial charge on any atom is 0.295 e. The van der Waals surface area contributed by atoms with E-state index in [1.54, 1.807) is 43.3 Å². The fourth-order valence-corrected chi connectivity index (χ4v) is 3.74. The van der Waals surface area contributed by atoms with Gasteiger partial charge in [-0.25, -0.2) is 0 Å². The third-order valence-electron chi connectivity index (χ3n) is 5.18. The first-order chi connectivity index (χ1) is 15.8. The SMILES string of the molecule is CCOc1cc(C2/C(=C(/O)c3ccc(OC(C)C)cc3)C(=O)C(=O)N2CCOC)ccc1O. The number of hydrogen-bond donors (Lipinski definition) is 2. The number of benzene rings is 2. The second kappa shape index (κ2) is 10.4. The molecular formula is C25H29NO7. The van der Waals surface area contributed by atoms with Gasteiger partial charge in [-0.1, -0.05) is 6.07 Å². The number of phenolic OH excluding ortho intramolecular Hbond substituents is 1. The number of rotatable bonds is 9. The van der Waals surface area contributed by atoms with Gasteiger partial charge >= 0.3 is 0 Å². The predicted octanol–water partition coefficient (Wildman–Crippen LogP) is 3.65. The maximum absolute atomic E-state index is 13.0. The monoisotopic (exact) mass is 455 g/mol. The Morgan fingerprint density at radius 3 is 2.42 bits per heavy atom. The van der Waals surface area contributed by atoms with Crippen LogP contribution in [0.3, 0.4) is 0 Å². The Kier molecular flexibility index (Phi) is 7.60. The number of ketones is 1. The van der Waals surface area contributed by atoms with Crippen LogP contribution >= 0.6 is 0 Å². The summed E-state index contributed by atoms with van der Waals surface area (Å²) in [6.07, 6.45) is -0.00964. The van der Waals surface area contributed by atoms with E-state index >= 15 is 0 Å². The van der Waals surface area contributed by atoms with Crippen molar-refractivity contribution in [2.45, 2.75) is 32.9 Å². The zero-order valence-electron chi connectivity index (χ0n) is 19.2. The number of aromatic hydroxyl groups is 1. The Morgan fingerprint density at radius 1 is 1.12 bits per heavy atom. The molecule has 1 aliphatic rings. The zero-order chi connectivity index (χ0) is 24.1. The van der Waals surface area contributed by atoms with Gasteiger partial charge in [0, 0.05) is 19.2 Å². The number of aliphatic hydroxyl groups is 1. The van der Waals surface area contributed by atoms with Crippen LogP contribution in [0.1, 0.15) is 37.9 Å². The van der Waals surface area contributed by atoms with Crippen LogP contribution in [0.5, 0.6) is 17.2 Å². The molecule has 0 aliphatic carbocycles. The van der Waals surface area contributed by atoms with Crippen LogP contribution in [-0.2, 0) is 14.3 Å². The van der Waals surface area contributed by atoms with E-state index in [0.717, 1.165) is 0 Å². The number of likely N-dealkylation sites (tertiary alicyclic amines) is 1. The van der Waals surface area contributed by atoms with Gasteiger partial charge in [0.25, 0.3) is 11.7 Å². The summed E-state index contributed by atoms with van der Waals surface area (Å²) < 4.78 is 16.2. The summed E-state index contributed by atoms with van der Waals surface area (Å²) in [5, 5.41) is 21.2. The molecule has 1 amide bonds. The lowest BCUT2D eigenvalue weighted by atomic mass is 9.95. The Morgan fingerprint density at radius 2 is 1.82 bits per heavy atom. The molecule has 2 aromatic rings. The maximum atomic E-state index is 13.0. The van der Waals surface area contributed by atoms with Gasteiger partial charge in [0.1, 0.15) is 11.5 Å². The highest BCUT2D eigenvalue weighted by atomic mass is 16.5. The van der Waals surface area contributed by atoms with Crippen LogP contribution in [0.2, 0.25) is 0 Å². The molecule has 0 saturated carbocycles. The van der Waals surface area contributed by atoms with Crippen molar-refractivity contribution < 1.29 is 34.0 Å². The standard InChI is InChI=1S/C25H29NO7/c1-5-32-20-14-17(8-11-19(20)27)22-21(24(29)25(30)26(22)12-13-31-4)23(28)16-6-9-18(10-7-16)33-15(2)3/h6-11,14-15,22,27-28H,5,12-13H2,1-4H3/b23-21-. The number of carbonyl (C=O) groups excluding carboxylic acids is 2. The zero-order valence-corrected chi connectivity index (χ0v) is 19.2. The minimum Gasteiger partial charge on any atom is -0.507 e. The van der Waals surface area contributed by atoms with Crippen molar-refractivity contribution in [2.24, 2.45) is 0 Å². The average Bonchev–Trinajstić information content (AvgIpc) is 3.03. The predicted molar refractivity (Wildman–Crippen MR) is 122 cm³/mol. The molecule has 1 heterocycles. The van der Waals surface area contributed by atoms with Gasteiger partial charge in [0.2, 0.25) is 0 Å². The van der Waals surface area contributed by atoms with Crippen LogP contribution in [0, 0.1) is 0 Å². The van der Waals surface area contributed by atoms with Crippen molar-refractivity contribution >= 4 is 17.4 Å². The van der Waals surface area contributed by atoms with E-state index in [2.05, 4.69) is 0 Å². The first kappa shape index (κ1) is 24.1. The van der Waals surface area contributed by atoms with Gasteiger partial charge in [-0.2, -0.15) is 0 Å². The van der Waals surface area contributed by atoms with E-state index in [1.807, 2.05) is 13.8 Å². The van der Waals surface area contributed by atoms with E-state index in [1.165, 1.54) is 18.1 Å². The average molecular weight is 456 g/mol. The summed E-state index contributed by atoms with van der Waals surface area (Å²) in [5.41, 5.74) is 0.860. The number of methoxy groups -OCH3 is 1. The van der Waals surface area contributed by atoms with E-state index in [-0.39, 0.29) is 42.1 Å². The van der Waals surface area contributed by atoms with Crippen LogP contribution in [0.4, 0.5) is 0 Å². The highest BCUT2D eigenvalue weighted by Gasteiger charge is 2.46. The lowest BCUT2D eigenvalue weighted by molar-refractivity contribution is -0.140. The molecule has 8 nitrogen and oxygen atoms in total. The number of phenols is 1. The van der Waals surface area contributed by atoms with Crippen molar-refractivity contribution in [1.29, 1.82) is 0 Å². The fourth-order valence-electron chi connectivity index (χ4n) is 3.74. The van der Waals surface area contributed by atoms with Crippen molar-refractivity contribution in [3.05, 3.63) is 59.2 Å². The van der Waals surface area contributed by atoms with Crippen molar-refractivity contribution in [3.8, 4) is 17.2 Å². The van der Waals surface area contributed by atoms with Gasteiger partial charge in [-0.3, -0.25) is 9.59 Å². The molecule has 3 rings (SSSR count). The van der Waals surface area contributed by atoms with Crippen molar-refractivity contribution in [3.63, 3.8) is 0 Å². The summed E-state index contributed by atoms with van der Waals surface area (Å²) in [7, 11) is 1.50. The molecule has 2 N–H and O–H groups in total. The molecule has 176 valence electrons. The molecule has 33 heavy (non-hydrogen) atoms. The van der Waals surface area contributed by atoms with Gasteiger partial charge in [0.15, 0.2) is 11.5 Å².